The molecule has 1 aliphatic rings. The second kappa shape index (κ2) is 5.05. The Morgan fingerprint density at radius 1 is 1.53 bits per heavy atom. The summed E-state index contributed by atoms with van der Waals surface area (Å²) >= 11 is 0. The molecule has 104 valence electrons. The Hall–Kier alpha value is -1.82. The molecular weight excluding hydrogens is 250 g/mol. The summed E-state index contributed by atoms with van der Waals surface area (Å²) in [6.45, 7) is 1.64. The number of fused-ring (bicyclic) bond motifs is 1. The zero-order chi connectivity index (χ0) is 14.0. The Kier molecular flexibility index (Phi) is 3.61. The van der Waals surface area contributed by atoms with Crippen molar-refractivity contribution in [3.05, 3.63) is 33.9 Å². The molecule has 0 amide bonds. The molecule has 0 N–H and O–H groups in total. The zero-order valence-electron chi connectivity index (χ0n) is 11.2. The Balaban J connectivity index is 2.40. The number of ether oxygens (including phenoxy) is 3. The molecule has 0 aliphatic carbocycles. The van der Waals surface area contributed by atoms with Crippen LogP contribution in [0.2, 0.25) is 0 Å². The van der Waals surface area contributed by atoms with E-state index >= 15 is 0 Å². The maximum atomic E-state index is 10.8. The normalized spacial score (nSPS) is 25.3. The molecule has 0 bridgehead atoms. The van der Waals surface area contributed by atoms with Crippen molar-refractivity contribution in [3.8, 4) is 11.5 Å². The molecule has 1 heterocycles. The minimum Gasteiger partial charge on any atom is -0.497 e. The summed E-state index contributed by atoms with van der Waals surface area (Å²) in [5.74, 6) is 0.162. The van der Waals surface area contributed by atoms with E-state index in [2.05, 4.69) is 0 Å². The van der Waals surface area contributed by atoms with Gasteiger partial charge in [-0.1, -0.05) is 6.07 Å². The fourth-order valence-electron chi connectivity index (χ4n) is 2.37. The first-order chi connectivity index (χ1) is 8.97. The molecule has 0 saturated heterocycles. The van der Waals surface area contributed by atoms with Crippen LogP contribution in [0, 0.1) is 10.1 Å². The van der Waals surface area contributed by atoms with Crippen LogP contribution >= 0.6 is 0 Å². The molecule has 1 aromatic carbocycles. The predicted molar refractivity (Wildman–Crippen MR) is 68.3 cm³/mol. The number of rotatable bonds is 4. The third-order valence-corrected chi connectivity index (χ3v) is 3.40. The lowest BCUT2D eigenvalue weighted by Crippen LogP contribution is -2.41. The average molecular weight is 267 g/mol. The highest BCUT2D eigenvalue weighted by Crippen LogP contribution is 2.42. The van der Waals surface area contributed by atoms with Crippen LogP contribution in [0.5, 0.6) is 11.5 Å². The molecule has 0 radical (unpaired) electrons. The van der Waals surface area contributed by atoms with Crippen molar-refractivity contribution in [1.29, 1.82) is 0 Å². The Bertz CT molecular complexity index is 490. The molecule has 1 aliphatic heterocycles. The van der Waals surface area contributed by atoms with Gasteiger partial charge in [-0.2, -0.15) is 0 Å². The zero-order valence-corrected chi connectivity index (χ0v) is 11.2. The van der Waals surface area contributed by atoms with Gasteiger partial charge in [0, 0.05) is 37.0 Å². The SMILES string of the molecule is COc1ccc2c(c1)O[C@](C)(OC)C[C@@H]2C[N+](=O)[O-]. The van der Waals surface area contributed by atoms with E-state index in [0.717, 1.165) is 5.56 Å². The van der Waals surface area contributed by atoms with Crippen LogP contribution in [0.1, 0.15) is 24.8 Å². The van der Waals surface area contributed by atoms with Crippen LogP contribution in [0.3, 0.4) is 0 Å². The van der Waals surface area contributed by atoms with E-state index in [1.165, 1.54) is 7.11 Å². The van der Waals surface area contributed by atoms with Crippen LogP contribution in [0.4, 0.5) is 0 Å². The molecule has 0 saturated carbocycles. The number of nitro groups is 1. The van der Waals surface area contributed by atoms with Crippen LogP contribution < -0.4 is 9.47 Å². The number of hydrogen-bond donors (Lipinski definition) is 0. The summed E-state index contributed by atoms with van der Waals surface area (Å²) < 4.78 is 16.3. The summed E-state index contributed by atoms with van der Waals surface area (Å²) in [5, 5.41) is 10.8. The van der Waals surface area contributed by atoms with Gasteiger partial charge in [0.25, 0.3) is 0 Å². The van der Waals surface area contributed by atoms with Crippen molar-refractivity contribution in [2.24, 2.45) is 0 Å². The summed E-state index contributed by atoms with van der Waals surface area (Å²) in [6, 6.07) is 5.33. The topological polar surface area (TPSA) is 70.8 Å². The van der Waals surface area contributed by atoms with Gasteiger partial charge in [-0.15, -0.1) is 0 Å². The van der Waals surface area contributed by atoms with E-state index in [1.807, 2.05) is 6.07 Å². The van der Waals surface area contributed by atoms with E-state index in [9.17, 15) is 10.1 Å². The van der Waals surface area contributed by atoms with Crippen LogP contribution in [-0.4, -0.2) is 31.5 Å². The van der Waals surface area contributed by atoms with E-state index in [-0.39, 0.29) is 17.4 Å². The monoisotopic (exact) mass is 267 g/mol. The molecule has 0 unspecified atom stereocenters. The second-order valence-electron chi connectivity index (χ2n) is 4.76. The molecule has 0 spiro atoms. The van der Waals surface area contributed by atoms with Gasteiger partial charge in [-0.3, -0.25) is 10.1 Å². The van der Waals surface area contributed by atoms with Gasteiger partial charge in [0.05, 0.1) is 13.0 Å². The second-order valence-corrected chi connectivity index (χ2v) is 4.76. The number of nitrogens with zero attached hydrogens (tertiary/aromatic N) is 1. The first kappa shape index (κ1) is 13.6. The maximum absolute atomic E-state index is 10.8. The van der Waals surface area contributed by atoms with Crippen molar-refractivity contribution in [3.63, 3.8) is 0 Å². The van der Waals surface area contributed by atoms with Crippen LogP contribution in [-0.2, 0) is 4.74 Å². The van der Waals surface area contributed by atoms with Gasteiger partial charge in [0.15, 0.2) is 0 Å². The van der Waals surface area contributed by atoms with Gasteiger partial charge >= 0.3 is 0 Å². The van der Waals surface area contributed by atoms with Crippen LogP contribution in [0.25, 0.3) is 0 Å². The van der Waals surface area contributed by atoms with Gasteiger partial charge in [-0.25, -0.2) is 0 Å². The third kappa shape index (κ3) is 2.78. The molecule has 6 nitrogen and oxygen atoms in total. The molecule has 0 aromatic heterocycles. The minimum absolute atomic E-state index is 0.137. The van der Waals surface area contributed by atoms with Gasteiger partial charge in [-0.05, 0) is 6.07 Å². The molecule has 19 heavy (non-hydrogen) atoms. The lowest BCUT2D eigenvalue weighted by molar-refractivity contribution is -0.485. The van der Waals surface area contributed by atoms with Crippen molar-refractivity contribution >= 4 is 0 Å². The molecular formula is C13H17NO5. The minimum atomic E-state index is -0.847. The Morgan fingerprint density at radius 2 is 2.26 bits per heavy atom. The van der Waals surface area contributed by atoms with E-state index < -0.39 is 5.79 Å². The molecule has 2 atom stereocenters. The Labute approximate surface area is 111 Å². The average Bonchev–Trinajstić information content (AvgIpc) is 2.37. The van der Waals surface area contributed by atoms with Crippen molar-refractivity contribution in [1.82, 2.24) is 0 Å². The van der Waals surface area contributed by atoms with Crippen molar-refractivity contribution < 1.29 is 19.1 Å². The highest BCUT2D eigenvalue weighted by molar-refractivity contribution is 5.44. The number of methoxy groups -OCH3 is 2. The molecule has 0 fully saturated rings. The smallest absolute Gasteiger partial charge is 0.211 e. The van der Waals surface area contributed by atoms with Gasteiger partial charge in [0.2, 0.25) is 12.3 Å². The lowest BCUT2D eigenvalue weighted by atomic mass is 9.88. The van der Waals surface area contributed by atoms with Crippen molar-refractivity contribution in [2.75, 3.05) is 20.8 Å². The van der Waals surface area contributed by atoms with E-state index in [0.29, 0.717) is 17.9 Å². The summed E-state index contributed by atoms with van der Waals surface area (Å²) in [6.07, 6.45) is 0.448. The fraction of sp³-hybridized carbons (Fsp3) is 0.538. The highest BCUT2D eigenvalue weighted by Gasteiger charge is 2.39. The summed E-state index contributed by atoms with van der Waals surface area (Å²) in [5.41, 5.74) is 0.826. The van der Waals surface area contributed by atoms with E-state index in [4.69, 9.17) is 14.2 Å². The summed E-state index contributed by atoms with van der Waals surface area (Å²) in [4.78, 5) is 10.5. The number of benzene rings is 1. The fourth-order valence-corrected chi connectivity index (χ4v) is 2.37. The lowest BCUT2D eigenvalue weighted by Gasteiger charge is -2.37. The van der Waals surface area contributed by atoms with E-state index in [1.54, 1.807) is 26.2 Å². The first-order valence-electron chi connectivity index (χ1n) is 6.01. The molecule has 1 aromatic rings. The standard InChI is InChI=1S/C13H17NO5/c1-13(18-3)7-9(8-14(15)16)11-5-4-10(17-2)6-12(11)19-13/h4-6,9H,7-8H2,1-3H3/t9-,13+/m1/s1. The van der Waals surface area contributed by atoms with Gasteiger partial charge in [0.1, 0.15) is 11.5 Å². The first-order valence-corrected chi connectivity index (χ1v) is 6.01. The van der Waals surface area contributed by atoms with Gasteiger partial charge < -0.3 is 14.2 Å². The maximum Gasteiger partial charge on any atom is 0.211 e. The highest BCUT2D eigenvalue weighted by atomic mass is 16.7. The summed E-state index contributed by atoms with van der Waals surface area (Å²) in [7, 11) is 3.10. The molecule has 2 rings (SSSR count). The number of hydrogen-bond acceptors (Lipinski definition) is 5. The molecule has 6 heteroatoms. The predicted octanol–water partition coefficient (Wildman–Crippen LogP) is 2.20. The quantitative estimate of drug-likeness (QED) is 0.617. The van der Waals surface area contributed by atoms with Crippen molar-refractivity contribution in [2.45, 2.75) is 25.0 Å². The third-order valence-electron chi connectivity index (χ3n) is 3.40. The largest absolute Gasteiger partial charge is 0.497 e. The van der Waals surface area contributed by atoms with Crippen LogP contribution in [0.15, 0.2) is 18.2 Å². The Morgan fingerprint density at radius 3 is 2.84 bits per heavy atom.